The lowest BCUT2D eigenvalue weighted by Gasteiger charge is -2.00. The maximum atomic E-state index is 11.4. The summed E-state index contributed by atoms with van der Waals surface area (Å²) in [6, 6.07) is 7.88. The summed E-state index contributed by atoms with van der Waals surface area (Å²) in [7, 11) is 0. The lowest BCUT2D eigenvalue weighted by molar-refractivity contribution is 0.0691. The zero-order chi connectivity index (χ0) is 10.7. The molecule has 0 spiro atoms. The summed E-state index contributed by atoms with van der Waals surface area (Å²) in [5.41, 5.74) is 0. The van der Waals surface area contributed by atoms with Gasteiger partial charge in [-0.2, -0.15) is 0 Å². The number of hydrogen-bond acceptors (Lipinski definition) is 4. The lowest BCUT2D eigenvalue weighted by atomic mass is 10.3. The van der Waals surface area contributed by atoms with Crippen LogP contribution in [-0.4, -0.2) is 11.1 Å². The monoisotopic (exact) mass is 223 g/mol. The lowest BCUT2D eigenvalue weighted by Crippen LogP contribution is -2.06. The smallest absolute Gasteiger partial charge is 0.382 e. The van der Waals surface area contributed by atoms with Crippen molar-refractivity contribution < 1.29 is 14.1 Å². The number of rotatable bonds is 2. The van der Waals surface area contributed by atoms with Crippen molar-refractivity contribution in [1.82, 2.24) is 5.16 Å². The largest absolute Gasteiger partial charge is 0.421 e. The van der Waals surface area contributed by atoms with Crippen LogP contribution in [0.4, 0.5) is 0 Å². The molecule has 0 unspecified atom stereocenters. The molecule has 1 aromatic carbocycles. The first-order valence-corrected chi connectivity index (χ1v) is 4.52. The van der Waals surface area contributed by atoms with Crippen LogP contribution in [0.5, 0.6) is 5.75 Å². The van der Waals surface area contributed by atoms with E-state index in [1.54, 1.807) is 24.3 Å². The first-order chi connectivity index (χ1) is 7.25. The van der Waals surface area contributed by atoms with Crippen LogP contribution in [0.25, 0.3) is 0 Å². The quantitative estimate of drug-likeness (QED) is 0.580. The highest BCUT2D eigenvalue weighted by Crippen LogP contribution is 2.16. The van der Waals surface area contributed by atoms with Gasteiger partial charge in [0.15, 0.2) is 0 Å². The van der Waals surface area contributed by atoms with Crippen molar-refractivity contribution in [2.45, 2.75) is 0 Å². The van der Waals surface area contributed by atoms with Crippen molar-refractivity contribution in [3.63, 3.8) is 0 Å². The van der Waals surface area contributed by atoms with E-state index in [0.29, 0.717) is 10.8 Å². The Morgan fingerprint density at radius 1 is 1.27 bits per heavy atom. The molecule has 0 amide bonds. The summed E-state index contributed by atoms with van der Waals surface area (Å²) in [6.45, 7) is 0. The highest BCUT2D eigenvalue weighted by atomic mass is 35.5. The zero-order valence-electron chi connectivity index (χ0n) is 7.51. The first kappa shape index (κ1) is 9.73. The minimum atomic E-state index is -0.588. The minimum absolute atomic E-state index is 0.0601. The highest BCUT2D eigenvalue weighted by Gasteiger charge is 2.11. The Morgan fingerprint density at radius 3 is 2.60 bits per heavy atom. The number of carbonyl (C=O) groups is 1. The highest BCUT2D eigenvalue weighted by molar-refractivity contribution is 6.30. The molecule has 1 aromatic heterocycles. The molecule has 0 aliphatic carbocycles. The minimum Gasteiger partial charge on any atom is -0.421 e. The van der Waals surface area contributed by atoms with Crippen molar-refractivity contribution in [2.24, 2.45) is 0 Å². The molecule has 0 saturated carbocycles. The molecule has 2 aromatic rings. The molecule has 2 rings (SSSR count). The fourth-order valence-electron chi connectivity index (χ4n) is 0.981. The Morgan fingerprint density at radius 2 is 2.00 bits per heavy atom. The predicted octanol–water partition coefficient (Wildman–Crippen LogP) is 2.55. The fraction of sp³-hybridized carbons (Fsp3) is 0. The van der Waals surface area contributed by atoms with Crippen LogP contribution in [0.1, 0.15) is 10.6 Å². The second-order valence-corrected chi connectivity index (χ2v) is 3.16. The van der Waals surface area contributed by atoms with E-state index in [9.17, 15) is 4.79 Å². The summed E-state index contributed by atoms with van der Waals surface area (Å²) in [5.74, 6) is -0.124. The van der Waals surface area contributed by atoms with Gasteiger partial charge in [0.2, 0.25) is 5.76 Å². The molecule has 0 aliphatic rings. The van der Waals surface area contributed by atoms with Crippen LogP contribution in [0, 0.1) is 0 Å². The number of ether oxygens (including phenoxy) is 1. The molecular weight excluding hydrogens is 218 g/mol. The average molecular weight is 224 g/mol. The van der Waals surface area contributed by atoms with Crippen molar-refractivity contribution in [1.29, 1.82) is 0 Å². The van der Waals surface area contributed by atoms with E-state index in [4.69, 9.17) is 16.3 Å². The Kier molecular flexibility index (Phi) is 2.69. The molecule has 5 heteroatoms. The van der Waals surface area contributed by atoms with Gasteiger partial charge in [-0.25, -0.2) is 4.79 Å². The summed E-state index contributed by atoms with van der Waals surface area (Å²) in [6.07, 6.45) is 1.37. The third kappa shape index (κ3) is 2.35. The van der Waals surface area contributed by atoms with Gasteiger partial charge in [-0.3, -0.25) is 0 Å². The van der Waals surface area contributed by atoms with E-state index in [1.807, 2.05) is 0 Å². The van der Waals surface area contributed by atoms with Crippen LogP contribution >= 0.6 is 11.6 Å². The van der Waals surface area contributed by atoms with Crippen LogP contribution < -0.4 is 4.74 Å². The maximum absolute atomic E-state index is 11.4. The average Bonchev–Trinajstić information content (AvgIpc) is 2.74. The number of esters is 1. The Balaban J connectivity index is 2.09. The summed E-state index contributed by atoms with van der Waals surface area (Å²) in [4.78, 5) is 11.4. The van der Waals surface area contributed by atoms with Gasteiger partial charge in [-0.05, 0) is 24.3 Å². The van der Waals surface area contributed by atoms with Gasteiger partial charge < -0.3 is 9.26 Å². The molecule has 0 saturated heterocycles. The summed E-state index contributed by atoms with van der Waals surface area (Å²) in [5, 5.41) is 3.98. The van der Waals surface area contributed by atoms with E-state index < -0.39 is 5.97 Å². The van der Waals surface area contributed by atoms with Gasteiger partial charge in [0.25, 0.3) is 0 Å². The molecule has 0 N–H and O–H groups in total. The van der Waals surface area contributed by atoms with Gasteiger partial charge in [-0.15, -0.1) is 0 Å². The van der Waals surface area contributed by atoms with Gasteiger partial charge in [0.1, 0.15) is 5.75 Å². The second-order valence-electron chi connectivity index (χ2n) is 2.72. The molecule has 0 aliphatic heterocycles. The number of aromatic nitrogens is 1. The molecule has 0 fully saturated rings. The number of carbonyl (C=O) groups excluding carboxylic acids is 1. The number of hydrogen-bond donors (Lipinski definition) is 0. The Bertz CT molecular complexity index is 450. The topological polar surface area (TPSA) is 52.3 Å². The van der Waals surface area contributed by atoms with Gasteiger partial charge in [-0.1, -0.05) is 16.8 Å². The third-order valence-electron chi connectivity index (χ3n) is 1.66. The standard InChI is InChI=1S/C10H6ClNO3/c11-7-1-3-8(4-2-7)14-10(13)9-5-6-12-15-9/h1-6H. The van der Waals surface area contributed by atoms with E-state index in [-0.39, 0.29) is 5.76 Å². The summed E-state index contributed by atoms with van der Waals surface area (Å²) < 4.78 is 9.62. The molecule has 4 nitrogen and oxygen atoms in total. The molecule has 15 heavy (non-hydrogen) atoms. The molecule has 0 radical (unpaired) electrons. The Hall–Kier alpha value is -1.81. The second kappa shape index (κ2) is 4.14. The maximum Gasteiger partial charge on any atom is 0.382 e. The van der Waals surface area contributed by atoms with Crippen LogP contribution in [0.15, 0.2) is 41.1 Å². The van der Waals surface area contributed by atoms with Crippen molar-refractivity contribution in [2.75, 3.05) is 0 Å². The van der Waals surface area contributed by atoms with E-state index in [0.717, 1.165) is 0 Å². The predicted molar refractivity (Wildman–Crippen MR) is 52.9 cm³/mol. The number of nitrogens with zero attached hydrogens (tertiary/aromatic N) is 1. The van der Waals surface area contributed by atoms with Crippen molar-refractivity contribution >= 4 is 17.6 Å². The molecule has 76 valence electrons. The number of benzene rings is 1. The normalized spacial score (nSPS) is 9.93. The van der Waals surface area contributed by atoms with E-state index in [2.05, 4.69) is 9.68 Å². The van der Waals surface area contributed by atoms with Crippen molar-refractivity contribution in [3.05, 3.63) is 47.3 Å². The molecule has 0 bridgehead atoms. The summed E-state index contributed by atoms with van der Waals surface area (Å²) >= 11 is 5.68. The van der Waals surface area contributed by atoms with Gasteiger partial charge in [0.05, 0.1) is 6.20 Å². The molecule has 0 atom stereocenters. The molecule has 1 heterocycles. The number of halogens is 1. The van der Waals surface area contributed by atoms with Crippen LogP contribution in [0.2, 0.25) is 5.02 Å². The van der Waals surface area contributed by atoms with Gasteiger partial charge in [0, 0.05) is 11.1 Å². The van der Waals surface area contributed by atoms with Crippen LogP contribution in [-0.2, 0) is 0 Å². The SMILES string of the molecule is O=C(Oc1ccc(Cl)cc1)c1ccno1. The fourth-order valence-corrected chi connectivity index (χ4v) is 1.11. The van der Waals surface area contributed by atoms with Crippen LogP contribution in [0.3, 0.4) is 0 Å². The van der Waals surface area contributed by atoms with E-state index in [1.165, 1.54) is 12.3 Å². The van der Waals surface area contributed by atoms with Gasteiger partial charge >= 0.3 is 5.97 Å². The first-order valence-electron chi connectivity index (χ1n) is 4.14. The molecular formula is C10H6ClNO3. The van der Waals surface area contributed by atoms with Crippen molar-refractivity contribution in [3.8, 4) is 5.75 Å². The Labute approximate surface area is 90.4 Å². The zero-order valence-corrected chi connectivity index (χ0v) is 8.27. The third-order valence-corrected chi connectivity index (χ3v) is 1.92. The van der Waals surface area contributed by atoms with E-state index >= 15 is 0 Å².